The van der Waals surface area contributed by atoms with Gasteiger partial charge in [-0.1, -0.05) is 29.8 Å². The average molecular weight is 375 g/mol. The third kappa shape index (κ3) is 3.33. The van der Waals surface area contributed by atoms with Crippen LogP contribution in [0.3, 0.4) is 0 Å². The van der Waals surface area contributed by atoms with E-state index in [1.165, 1.54) is 0 Å². The van der Waals surface area contributed by atoms with E-state index in [4.69, 9.17) is 0 Å². The minimum atomic E-state index is -0.330. The minimum absolute atomic E-state index is 0.0415. The molecule has 0 radical (unpaired) electrons. The smallest absolute Gasteiger partial charge is 0.301 e. The van der Waals surface area contributed by atoms with Gasteiger partial charge in [-0.15, -0.1) is 0 Å². The summed E-state index contributed by atoms with van der Waals surface area (Å²) in [6.07, 6.45) is 3.01. The summed E-state index contributed by atoms with van der Waals surface area (Å²) in [5.41, 5.74) is 3.18. The van der Waals surface area contributed by atoms with E-state index in [2.05, 4.69) is 4.98 Å². The number of aryl methyl sites for hydroxylation is 1. The highest BCUT2D eigenvalue weighted by molar-refractivity contribution is 5.98. The van der Waals surface area contributed by atoms with Crippen molar-refractivity contribution in [3.05, 3.63) is 76.0 Å². The van der Waals surface area contributed by atoms with Gasteiger partial charge in [-0.25, -0.2) is 0 Å². The first kappa shape index (κ1) is 18.1. The Kier molecular flexibility index (Phi) is 4.77. The number of ketones is 1. The van der Waals surface area contributed by atoms with Crippen LogP contribution in [0.1, 0.15) is 28.8 Å². The molecule has 1 aliphatic rings. The number of aromatic nitrogens is 1. The number of carbonyl (C=O) groups is 1. The van der Waals surface area contributed by atoms with E-state index in [0.717, 1.165) is 11.1 Å². The highest BCUT2D eigenvalue weighted by atomic mass is 16.6. The summed E-state index contributed by atoms with van der Waals surface area (Å²) in [5, 5.41) is 12.3. The maximum absolute atomic E-state index is 12.8. The van der Waals surface area contributed by atoms with Gasteiger partial charge in [0.05, 0.1) is 15.8 Å². The zero-order valence-corrected chi connectivity index (χ0v) is 15.7. The first-order valence-electron chi connectivity index (χ1n) is 9.42. The van der Waals surface area contributed by atoms with Crippen LogP contribution in [-0.2, 0) is 0 Å². The molecule has 6 heteroatoms. The standard InChI is InChI=1S/C22H21N3O3/c1-15-4-6-16(7-5-15)22(26)17-10-13-24(14-11-17)20-9-8-19-18(3-2-12-23-19)21(20)25(27)28/h2-9,12,17H,10-11,13-14H2,1H3. The van der Waals surface area contributed by atoms with E-state index < -0.39 is 0 Å². The van der Waals surface area contributed by atoms with Crippen LogP contribution in [0.15, 0.2) is 54.7 Å². The Morgan fingerprint density at radius 2 is 1.82 bits per heavy atom. The van der Waals surface area contributed by atoms with Gasteiger partial charge in [0.2, 0.25) is 0 Å². The van der Waals surface area contributed by atoms with Crippen molar-refractivity contribution in [1.29, 1.82) is 0 Å². The van der Waals surface area contributed by atoms with Gasteiger partial charge < -0.3 is 4.90 Å². The van der Waals surface area contributed by atoms with Crippen LogP contribution in [0.4, 0.5) is 11.4 Å². The third-order valence-corrected chi connectivity index (χ3v) is 5.46. The number of benzene rings is 2. The van der Waals surface area contributed by atoms with Crippen LogP contribution in [-0.4, -0.2) is 28.8 Å². The molecule has 3 aromatic rings. The number of nitro groups is 1. The lowest BCUT2D eigenvalue weighted by molar-refractivity contribution is -0.382. The van der Waals surface area contributed by atoms with Crippen molar-refractivity contribution in [2.45, 2.75) is 19.8 Å². The lowest BCUT2D eigenvalue weighted by Gasteiger charge is -2.32. The number of nitro benzene ring substituents is 1. The van der Waals surface area contributed by atoms with Gasteiger partial charge in [0.15, 0.2) is 5.78 Å². The molecule has 0 amide bonds. The summed E-state index contributed by atoms with van der Waals surface area (Å²) in [4.78, 5) is 30.4. The first-order valence-corrected chi connectivity index (χ1v) is 9.42. The Labute approximate surface area is 163 Å². The van der Waals surface area contributed by atoms with Gasteiger partial charge in [0.1, 0.15) is 5.69 Å². The molecule has 0 spiro atoms. The SMILES string of the molecule is Cc1ccc(C(=O)C2CCN(c3ccc4ncccc4c3[N+](=O)[O-])CC2)cc1. The van der Waals surface area contributed by atoms with E-state index in [9.17, 15) is 14.9 Å². The van der Waals surface area contributed by atoms with Crippen molar-refractivity contribution in [1.82, 2.24) is 4.98 Å². The normalized spacial score (nSPS) is 15.0. The maximum atomic E-state index is 12.8. The molecule has 0 saturated carbocycles. The predicted molar refractivity (Wildman–Crippen MR) is 109 cm³/mol. The van der Waals surface area contributed by atoms with Gasteiger partial charge in [0.25, 0.3) is 0 Å². The predicted octanol–water partition coefficient (Wildman–Crippen LogP) is 4.55. The number of rotatable bonds is 4. The number of carbonyl (C=O) groups excluding carboxylic acids is 1. The Hall–Kier alpha value is -3.28. The first-order chi connectivity index (χ1) is 13.5. The lowest BCUT2D eigenvalue weighted by Crippen LogP contribution is -2.36. The average Bonchev–Trinajstić information content (AvgIpc) is 2.73. The van der Waals surface area contributed by atoms with Gasteiger partial charge in [0, 0.05) is 30.8 Å². The lowest BCUT2D eigenvalue weighted by atomic mass is 9.88. The van der Waals surface area contributed by atoms with Crippen molar-refractivity contribution < 1.29 is 9.72 Å². The van der Waals surface area contributed by atoms with Crippen LogP contribution >= 0.6 is 0 Å². The summed E-state index contributed by atoms with van der Waals surface area (Å²) in [6, 6.07) is 14.7. The van der Waals surface area contributed by atoms with Crippen molar-refractivity contribution in [3.63, 3.8) is 0 Å². The number of piperidine rings is 1. The van der Waals surface area contributed by atoms with Crippen molar-refractivity contribution >= 4 is 28.1 Å². The highest BCUT2D eigenvalue weighted by Gasteiger charge is 2.30. The van der Waals surface area contributed by atoms with Crippen molar-refractivity contribution in [2.75, 3.05) is 18.0 Å². The van der Waals surface area contributed by atoms with Gasteiger partial charge in [-0.05, 0) is 44.0 Å². The minimum Gasteiger partial charge on any atom is -0.366 e. The second kappa shape index (κ2) is 7.38. The number of Topliss-reactive ketones (excluding diaryl/α,β-unsaturated/α-hetero) is 1. The number of fused-ring (bicyclic) bond motifs is 1. The molecule has 4 rings (SSSR count). The van der Waals surface area contributed by atoms with Gasteiger partial charge in [-0.3, -0.25) is 19.9 Å². The van der Waals surface area contributed by atoms with E-state index in [-0.39, 0.29) is 22.3 Å². The molecule has 28 heavy (non-hydrogen) atoms. The van der Waals surface area contributed by atoms with E-state index in [1.54, 1.807) is 24.4 Å². The van der Waals surface area contributed by atoms with E-state index >= 15 is 0 Å². The number of pyridine rings is 1. The van der Waals surface area contributed by atoms with Crippen LogP contribution in [0, 0.1) is 23.0 Å². The molecule has 0 N–H and O–H groups in total. The summed E-state index contributed by atoms with van der Waals surface area (Å²) in [6.45, 7) is 3.24. The fourth-order valence-corrected chi connectivity index (χ4v) is 3.91. The molecule has 0 unspecified atom stereocenters. The van der Waals surface area contributed by atoms with Crippen LogP contribution in [0.5, 0.6) is 0 Å². The monoisotopic (exact) mass is 375 g/mol. The second-order valence-electron chi connectivity index (χ2n) is 7.25. The fraction of sp³-hybridized carbons (Fsp3) is 0.273. The Balaban J connectivity index is 1.55. The molecule has 2 aromatic carbocycles. The maximum Gasteiger partial charge on any atom is 0.301 e. The molecule has 142 valence electrons. The van der Waals surface area contributed by atoms with Gasteiger partial charge in [-0.2, -0.15) is 0 Å². The molecule has 0 aliphatic carbocycles. The summed E-state index contributed by atoms with van der Waals surface area (Å²) < 4.78 is 0. The van der Waals surface area contributed by atoms with Crippen LogP contribution < -0.4 is 4.90 Å². The number of hydrogen-bond donors (Lipinski definition) is 0. The molecule has 0 bridgehead atoms. The molecule has 1 aliphatic heterocycles. The highest BCUT2D eigenvalue weighted by Crippen LogP contribution is 2.37. The third-order valence-electron chi connectivity index (χ3n) is 5.46. The summed E-state index contributed by atoms with van der Waals surface area (Å²) in [5.74, 6) is 0.122. The van der Waals surface area contributed by atoms with Crippen LogP contribution in [0.2, 0.25) is 0 Å². The zero-order chi connectivity index (χ0) is 19.7. The number of hydrogen-bond acceptors (Lipinski definition) is 5. The number of anilines is 1. The molecular weight excluding hydrogens is 354 g/mol. The van der Waals surface area contributed by atoms with Crippen molar-refractivity contribution in [3.8, 4) is 0 Å². The zero-order valence-electron chi connectivity index (χ0n) is 15.7. The fourth-order valence-electron chi connectivity index (χ4n) is 3.91. The molecule has 0 atom stereocenters. The Morgan fingerprint density at radius 3 is 2.50 bits per heavy atom. The van der Waals surface area contributed by atoms with Gasteiger partial charge >= 0.3 is 5.69 Å². The molecule has 2 heterocycles. The molecular formula is C22H21N3O3. The van der Waals surface area contributed by atoms with Crippen LogP contribution in [0.25, 0.3) is 10.9 Å². The largest absolute Gasteiger partial charge is 0.366 e. The molecule has 6 nitrogen and oxygen atoms in total. The molecule has 1 saturated heterocycles. The molecule has 1 fully saturated rings. The summed E-state index contributed by atoms with van der Waals surface area (Å²) in [7, 11) is 0. The van der Waals surface area contributed by atoms with E-state index in [0.29, 0.717) is 42.5 Å². The topological polar surface area (TPSA) is 76.3 Å². The Bertz CT molecular complexity index is 1040. The van der Waals surface area contributed by atoms with Crippen molar-refractivity contribution in [2.24, 2.45) is 5.92 Å². The second-order valence-corrected chi connectivity index (χ2v) is 7.25. The summed E-state index contributed by atoms with van der Waals surface area (Å²) >= 11 is 0. The molecule has 1 aromatic heterocycles. The van der Waals surface area contributed by atoms with E-state index in [1.807, 2.05) is 42.2 Å². The number of nitrogens with zero attached hydrogens (tertiary/aromatic N) is 3. The Morgan fingerprint density at radius 1 is 1.11 bits per heavy atom. The quantitative estimate of drug-likeness (QED) is 0.380.